The molecule has 1 nitrogen and oxygen atoms in total. The molecular weight excluding hydrogens is 196 g/mol. The van der Waals surface area contributed by atoms with Gasteiger partial charge >= 0.3 is 0 Å². The van der Waals surface area contributed by atoms with Crippen LogP contribution in [-0.2, 0) is 6.42 Å². The summed E-state index contributed by atoms with van der Waals surface area (Å²) < 4.78 is 0. The first kappa shape index (κ1) is 10.9. The standard InChI is InChI=1S/C15H16O/c1-12-7-9-13(10-8-12)11-15(16)14-5-3-2-4-6-14/h2-10,15-16H,11H2,1H3. The molecule has 2 aromatic rings. The summed E-state index contributed by atoms with van der Waals surface area (Å²) in [7, 11) is 0. The Bertz CT molecular complexity index is 431. The van der Waals surface area contributed by atoms with Crippen LogP contribution in [0.5, 0.6) is 0 Å². The summed E-state index contributed by atoms with van der Waals surface area (Å²) in [6.45, 7) is 2.07. The van der Waals surface area contributed by atoms with E-state index in [0.717, 1.165) is 5.56 Å². The molecule has 0 saturated heterocycles. The molecule has 0 amide bonds. The molecule has 2 rings (SSSR count). The van der Waals surface area contributed by atoms with Gasteiger partial charge in [-0.1, -0.05) is 60.2 Å². The first-order valence-electron chi connectivity index (χ1n) is 5.54. The van der Waals surface area contributed by atoms with Crippen molar-refractivity contribution in [2.24, 2.45) is 0 Å². The Morgan fingerprint density at radius 3 is 2.19 bits per heavy atom. The number of aliphatic hydroxyl groups is 1. The molecule has 2 aromatic carbocycles. The smallest absolute Gasteiger partial charge is 0.0830 e. The lowest BCUT2D eigenvalue weighted by Crippen LogP contribution is -2.01. The molecule has 0 spiro atoms. The van der Waals surface area contributed by atoms with E-state index in [1.165, 1.54) is 11.1 Å². The van der Waals surface area contributed by atoms with E-state index in [9.17, 15) is 5.11 Å². The van der Waals surface area contributed by atoms with Gasteiger partial charge in [0.1, 0.15) is 0 Å². The lowest BCUT2D eigenvalue weighted by atomic mass is 10.0. The molecular formula is C15H16O. The van der Waals surface area contributed by atoms with Crippen LogP contribution in [0.4, 0.5) is 0 Å². The molecule has 0 fully saturated rings. The summed E-state index contributed by atoms with van der Waals surface area (Å²) in [5.41, 5.74) is 3.39. The minimum Gasteiger partial charge on any atom is -0.388 e. The van der Waals surface area contributed by atoms with Gasteiger partial charge < -0.3 is 5.11 Å². The third-order valence-electron chi connectivity index (χ3n) is 2.73. The average Bonchev–Trinajstić information content (AvgIpc) is 2.33. The number of hydrogen-bond donors (Lipinski definition) is 1. The highest BCUT2D eigenvalue weighted by Crippen LogP contribution is 2.17. The topological polar surface area (TPSA) is 20.2 Å². The van der Waals surface area contributed by atoms with E-state index < -0.39 is 6.10 Å². The van der Waals surface area contributed by atoms with Crippen LogP contribution in [0, 0.1) is 6.92 Å². The Kier molecular flexibility index (Phi) is 3.37. The Balaban J connectivity index is 2.08. The first-order valence-corrected chi connectivity index (χ1v) is 5.54. The van der Waals surface area contributed by atoms with Crippen molar-refractivity contribution < 1.29 is 5.11 Å². The second-order valence-electron chi connectivity index (χ2n) is 4.12. The van der Waals surface area contributed by atoms with Crippen molar-refractivity contribution in [2.75, 3.05) is 0 Å². The predicted molar refractivity (Wildman–Crippen MR) is 66.3 cm³/mol. The van der Waals surface area contributed by atoms with Crippen LogP contribution in [0.3, 0.4) is 0 Å². The molecule has 0 aliphatic heterocycles. The third-order valence-corrected chi connectivity index (χ3v) is 2.73. The summed E-state index contributed by atoms with van der Waals surface area (Å²) in [6, 6.07) is 18.1. The van der Waals surface area contributed by atoms with Gasteiger partial charge in [0.05, 0.1) is 6.10 Å². The fraction of sp³-hybridized carbons (Fsp3) is 0.200. The van der Waals surface area contributed by atoms with E-state index in [2.05, 4.69) is 31.2 Å². The van der Waals surface area contributed by atoms with Crippen molar-refractivity contribution in [1.82, 2.24) is 0 Å². The third kappa shape index (κ3) is 2.71. The molecule has 0 heterocycles. The largest absolute Gasteiger partial charge is 0.388 e. The van der Waals surface area contributed by atoms with E-state index in [1.54, 1.807) is 0 Å². The zero-order valence-corrected chi connectivity index (χ0v) is 9.43. The molecule has 0 aromatic heterocycles. The fourth-order valence-electron chi connectivity index (χ4n) is 1.74. The van der Waals surface area contributed by atoms with Crippen LogP contribution >= 0.6 is 0 Å². The SMILES string of the molecule is Cc1ccc(CC(O)c2ccccc2)cc1. The number of aliphatic hydroxyl groups excluding tert-OH is 1. The molecule has 16 heavy (non-hydrogen) atoms. The Morgan fingerprint density at radius 1 is 0.938 bits per heavy atom. The summed E-state index contributed by atoms with van der Waals surface area (Å²) in [5, 5.41) is 10.0. The fourth-order valence-corrected chi connectivity index (χ4v) is 1.74. The van der Waals surface area contributed by atoms with Crippen LogP contribution < -0.4 is 0 Å². The molecule has 1 unspecified atom stereocenters. The number of aryl methyl sites for hydroxylation is 1. The number of hydrogen-bond acceptors (Lipinski definition) is 1. The summed E-state index contributed by atoms with van der Waals surface area (Å²) in [6.07, 6.45) is 0.258. The summed E-state index contributed by atoms with van der Waals surface area (Å²) >= 11 is 0. The maximum Gasteiger partial charge on any atom is 0.0830 e. The van der Waals surface area contributed by atoms with Gasteiger partial charge in [0, 0.05) is 6.42 Å². The molecule has 0 bridgehead atoms. The van der Waals surface area contributed by atoms with Gasteiger partial charge in [-0.25, -0.2) is 0 Å². The molecule has 82 valence electrons. The van der Waals surface area contributed by atoms with Crippen LogP contribution in [0.1, 0.15) is 22.8 Å². The van der Waals surface area contributed by atoms with Crippen molar-refractivity contribution in [3.8, 4) is 0 Å². The maximum absolute atomic E-state index is 10.0. The molecule has 1 N–H and O–H groups in total. The van der Waals surface area contributed by atoms with E-state index in [0.29, 0.717) is 6.42 Å². The highest BCUT2D eigenvalue weighted by atomic mass is 16.3. The molecule has 0 saturated carbocycles. The normalized spacial score (nSPS) is 12.4. The van der Waals surface area contributed by atoms with Gasteiger partial charge in [-0.15, -0.1) is 0 Å². The van der Waals surface area contributed by atoms with Gasteiger partial charge in [-0.3, -0.25) is 0 Å². The average molecular weight is 212 g/mol. The van der Waals surface area contributed by atoms with Gasteiger partial charge in [0.25, 0.3) is 0 Å². The van der Waals surface area contributed by atoms with Crippen LogP contribution in [-0.4, -0.2) is 5.11 Å². The highest BCUT2D eigenvalue weighted by molar-refractivity contribution is 5.24. The molecule has 1 heteroatoms. The maximum atomic E-state index is 10.0. The van der Waals surface area contributed by atoms with Gasteiger partial charge in [-0.05, 0) is 18.1 Å². The zero-order chi connectivity index (χ0) is 11.4. The lowest BCUT2D eigenvalue weighted by Gasteiger charge is -2.10. The second-order valence-corrected chi connectivity index (χ2v) is 4.12. The first-order chi connectivity index (χ1) is 7.75. The minimum atomic E-state index is -0.413. The zero-order valence-electron chi connectivity index (χ0n) is 9.43. The molecule has 1 atom stereocenters. The van der Waals surface area contributed by atoms with Gasteiger partial charge in [-0.2, -0.15) is 0 Å². The van der Waals surface area contributed by atoms with E-state index in [1.807, 2.05) is 30.3 Å². The van der Waals surface area contributed by atoms with Crippen molar-refractivity contribution >= 4 is 0 Å². The minimum absolute atomic E-state index is 0.413. The van der Waals surface area contributed by atoms with E-state index in [-0.39, 0.29) is 0 Å². The monoisotopic (exact) mass is 212 g/mol. The van der Waals surface area contributed by atoms with Crippen LogP contribution in [0.25, 0.3) is 0 Å². The van der Waals surface area contributed by atoms with Crippen molar-refractivity contribution in [2.45, 2.75) is 19.4 Å². The lowest BCUT2D eigenvalue weighted by molar-refractivity contribution is 0.178. The van der Waals surface area contributed by atoms with Crippen LogP contribution in [0.2, 0.25) is 0 Å². The second kappa shape index (κ2) is 4.95. The quantitative estimate of drug-likeness (QED) is 0.827. The molecule has 0 aliphatic rings. The van der Waals surface area contributed by atoms with Crippen molar-refractivity contribution in [3.63, 3.8) is 0 Å². The number of benzene rings is 2. The van der Waals surface area contributed by atoms with Crippen molar-refractivity contribution in [3.05, 3.63) is 71.3 Å². The summed E-state index contributed by atoms with van der Waals surface area (Å²) in [4.78, 5) is 0. The van der Waals surface area contributed by atoms with Crippen molar-refractivity contribution in [1.29, 1.82) is 0 Å². The van der Waals surface area contributed by atoms with Crippen LogP contribution in [0.15, 0.2) is 54.6 Å². The molecule has 0 radical (unpaired) electrons. The van der Waals surface area contributed by atoms with E-state index >= 15 is 0 Å². The predicted octanol–water partition coefficient (Wildman–Crippen LogP) is 3.27. The number of rotatable bonds is 3. The Labute approximate surface area is 96.4 Å². The Hall–Kier alpha value is -1.60. The van der Waals surface area contributed by atoms with Gasteiger partial charge in [0.2, 0.25) is 0 Å². The summed E-state index contributed by atoms with van der Waals surface area (Å²) in [5.74, 6) is 0. The van der Waals surface area contributed by atoms with E-state index in [4.69, 9.17) is 0 Å². The Morgan fingerprint density at radius 2 is 1.56 bits per heavy atom. The molecule has 0 aliphatic carbocycles. The highest BCUT2D eigenvalue weighted by Gasteiger charge is 2.07. The van der Waals surface area contributed by atoms with Gasteiger partial charge in [0.15, 0.2) is 0 Å².